The third kappa shape index (κ3) is 3.87. The number of nitrogens with one attached hydrogen (secondary N) is 1. The number of fused-ring (bicyclic) bond motifs is 1. The summed E-state index contributed by atoms with van der Waals surface area (Å²) in [6.45, 7) is 6.08. The number of nitro groups is 1. The Hall–Kier alpha value is -3.48. The molecule has 0 aliphatic rings. The number of anilines is 1. The number of aromatic nitrogens is 2. The summed E-state index contributed by atoms with van der Waals surface area (Å²) in [5, 5.41) is 13.9. The standard InChI is InChI=1S/C20H20N4O3/c1-20(2,3)23-17-11-7-5-9-15(17)21-19(23)22-18(25)13-12-14-8-4-6-10-16(14)24(26)27/h4-13H,1-3H3,(H,21,22,25)/b13-12+. The molecular formula is C20H20N4O3. The van der Waals surface area contributed by atoms with Crippen LogP contribution < -0.4 is 5.32 Å². The van der Waals surface area contributed by atoms with Crippen LogP contribution in [-0.2, 0) is 10.3 Å². The summed E-state index contributed by atoms with van der Waals surface area (Å²) in [7, 11) is 0. The summed E-state index contributed by atoms with van der Waals surface area (Å²) in [5.74, 6) is 0.0230. The molecule has 1 N–H and O–H groups in total. The average Bonchev–Trinajstić information content (AvgIpc) is 2.98. The van der Waals surface area contributed by atoms with Gasteiger partial charge in [-0.1, -0.05) is 24.3 Å². The van der Waals surface area contributed by atoms with Crippen molar-refractivity contribution < 1.29 is 9.72 Å². The second-order valence-electron chi connectivity index (χ2n) is 7.07. The SMILES string of the molecule is CC(C)(C)n1c(NC(=O)/C=C/c2ccccc2[N+](=O)[O-])nc2ccccc21. The summed E-state index contributed by atoms with van der Waals surface area (Å²) >= 11 is 0. The van der Waals surface area contributed by atoms with Crippen LogP contribution in [0.15, 0.2) is 54.6 Å². The Bertz CT molecular complexity index is 1040. The fourth-order valence-corrected chi connectivity index (χ4v) is 2.90. The number of nitro benzene ring substituents is 1. The zero-order chi connectivity index (χ0) is 19.6. The van der Waals surface area contributed by atoms with Crippen LogP contribution in [0.25, 0.3) is 17.1 Å². The van der Waals surface area contributed by atoms with Gasteiger partial charge in [0.15, 0.2) is 0 Å². The van der Waals surface area contributed by atoms with Crippen LogP contribution in [0.2, 0.25) is 0 Å². The van der Waals surface area contributed by atoms with Crippen molar-refractivity contribution in [3.05, 3.63) is 70.3 Å². The van der Waals surface area contributed by atoms with Crippen LogP contribution >= 0.6 is 0 Å². The van der Waals surface area contributed by atoms with Gasteiger partial charge < -0.3 is 4.57 Å². The number of nitrogens with zero attached hydrogens (tertiary/aromatic N) is 3. The van der Waals surface area contributed by atoms with Crippen LogP contribution in [0.5, 0.6) is 0 Å². The van der Waals surface area contributed by atoms with Gasteiger partial charge in [-0.05, 0) is 45.0 Å². The number of carbonyl (C=O) groups is 1. The monoisotopic (exact) mass is 364 g/mol. The van der Waals surface area contributed by atoms with Crippen LogP contribution in [0.3, 0.4) is 0 Å². The maximum absolute atomic E-state index is 12.4. The van der Waals surface area contributed by atoms with Gasteiger partial charge in [-0.15, -0.1) is 0 Å². The molecule has 0 saturated heterocycles. The van der Waals surface area contributed by atoms with Gasteiger partial charge in [-0.2, -0.15) is 0 Å². The third-order valence-corrected chi connectivity index (χ3v) is 4.01. The fraction of sp³-hybridized carbons (Fsp3) is 0.200. The van der Waals surface area contributed by atoms with Crippen molar-refractivity contribution >= 4 is 34.7 Å². The van der Waals surface area contributed by atoms with E-state index in [9.17, 15) is 14.9 Å². The Balaban J connectivity index is 1.90. The molecule has 0 radical (unpaired) electrons. The lowest BCUT2D eigenvalue weighted by Crippen LogP contribution is -2.25. The van der Waals surface area contributed by atoms with Crippen molar-refractivity contribution in [1.29, 1.82) is 0 Å². The van der Waals surface area contributed by atoms with Gasteiger partial charge in [-0.25, -0.2) is 4.98 Å². The summed E-state index contributed by atoms with van der Waals surface area (Å²) in [6, 6.07) is 13.9. The van der Waals surface area contributed by atoms with Crippen molar-refractivity contribution in [2.75, 3.05) is 5.32 Å². The molecule has 0 atom stereocenters. The molecule has 1 amide bonds. The molecule has 3 rings (SSSR count). The number of hydrogen-bond donors (Lipinski definition) is 1. The minimum absolute atomic E-state index is 0.0523. The molecule has 27 heavy (non-hydrogen) atoms. The van der Waals surface area contributed by atoms with Crippen molar-refractivity contribution in [3.8, 4) is 0 Å². The quantitative estimate of drug-likeness (QED) is 0.423. The fourth-order valence-electron chi connectivity index (χ4n) is 2.90. The molecule has 7 heteroatoms. The van der Waals surface area contributed by atoms with Crippen molar-refractivity contribution in [2.24, 2.45) is 0 Å². The first-order valence-corrected chi connectivity index (χ1v) is 8.48. The van der Waals surface area contributed by atoms with Crippen molar-refractivity contribution in [1.82, 2.24) is 9.55 Å². The van der Waals surface area contributed by atoms with Gasteiger partial charge in [0.2, 0.25) is 5.95 Å². The summed E-state index contributed by atoms with van der Waals surface area (Å²) in [6.07, 6.45) is 2.70. The molecule has 0 spiro atoms. The predicted octanol–water partition coefficient (Wildman–Crippen LogP) is 4.35. The van der Waals surface area contributed by atoms with Gasteiger partial charge in [0.05, 0.1) is 21.5 Å². The number of rotatable bonds is 4. The Morgan fingerprint density at radius 3 is 2.52 bits per heavy atom. The normalized spacial score (nSPS) is 11.8. The lowest BCUT2D eigenvalue weighted by Gasteiger charge is -2.24. The minimum atomic E-state index is -0.476. The second-order valence-corrected chi connectivity index (χ2v) is 7.07. The van der Waals surface area contributed by atoms with E-state index in [0.29, 0.717) is 11.5 Å². The van der Waals surface area contributed by atoms with Gasteiger partial charge in [0.25, 0.3) is 11.6 Å². The number of hydrogen-bond acceptors (Lipinski definition) is 4. The minimum Gasteiger partial charge on any atom is -0.305 e. The molecule has 0 aliphatic carbocycles. The maximum Gasteiger partial charge on any atom is 0.276 e. The number of benzene rings is 2. The van der Waals surface area contributed by atoms with Gasteiger partial charge >= 0.3 is 0 Å². The molecule has 138 valence electrons. The molecule has 0 aliphatic heterocycles. The lowest BCUT2D eigenvalue weighted by atomic mass is 10.1. The van der Waals surface area contributed by atoms with E-state index in [1.807, 2.05) is 49.6 Å². The van der Waals surface area contributed by atoms with Crippen LogP contribution in [-0.4, -0.2) is 20.4 Å². The van der Waals surface area contributed by atoms with Gasteiger partial charge in [0.1, 0.15) is 0 Å². The number of amides is 1. The van der Waals surface area contributed by atoms with E-state index in [1.54, 1.807) is 18.2 Å². The second kappa shape index (κ2) is 7.03. The largest absolute Gasteiger partial charge is 0.305 e. The first-order valence-electron chi connectivity index (χ1n) is 8.48. The highest BCUT2D eigenvalue weighted by molar-refractivity contribution is 6.02. The highest BCUT2D eigenvalue weighted by Gasteiger charge is 2.22. The Morgan fingerprint density at radius 1 is 1.15 bits per heavy atom. The first kappa shape index (κ1) is 18.3. The first-order chi connectivity index (χ1) is 12.8. The number of imidazole rings is 1. The van der Waals surface area contributed by atoms with Crippen molar-refractivity contribution in [3.63, 3.8) is 0 Å². The summed E-state index contributed by atoms with van der Waals surface area (Å²) in [5.41, 5.74) is 1.72. The zero-order valence-electron chi connectivity index (χ0n) is 15.3. The van der Waals surface area contributed by atoms with Crippen LogP contribution in [0.4, 0.5) is 11.6 Å². The predicted molar refractivity (Wildman–Crippen MR) is 105 cm³/mol. The van der Waals surface area contributed by atoms with E-state index in [0.717, 1.165) is 11.0 Å². The third-order valence-electron chi connectivity index (χ3n) is 4.01. The van der Waals surface area contributed by atoms with Crippen LogP contribution in [0, 0.1) is 10.1 Å². The summed E-state index contributed by atoms with van der Waals surface area (Å²) in [4.78, 5) is 27.5. The Labute approximate surface area is 156 Å². The van der Waals surface area contributed by atoms with E-state index >= 15 is 0 Å². The van der Waals surface area contributed by atoms with E-state index in [2.05, 4.69) is 10.3 Å². The Morgan fingerprint density at radius 2 is 1.81 bits per heavy atom. The smallest absolute Gasteiger partial charge is 0.276 e. The highest BCUT2D eigenvalue weighted by atomic mass is 16.6. The molecule has 0 saturated carbocycles. The molecule has 0 bridgehead atoms. The molecule has 2 aromatic carbocycles. The molecule has 1 heterocycles. The van der Waals surface area contributed by atoms with E-state index in [1.165, 1.54) is 18.2 Å². The molecule has 0 unspecified atom stereocenters. The molecule has 0 fully saturated rings. The lowest BCUT2D eigenvalue weighted by molar-refractivity contribution is -0.385. The van der Waals surface area contributed by atoms with E-state index < -0.39 is 10.8 Å². The van der Waals surface area contributed by atoms with Crippen LogP contribution in [0.1, 0.15) is 26.3 Å². The zero-order valence-corrected chi connectivity index (χ0v) is 15.3. The molecule has 1 aromatic heterocycles. The van der Waals surface area contributed by atoms with E-state index in [4.69, 9.17) is 0 Å². The number of para-hydroxylation sites is 3. The Kier molecular flexibility index (Phi) is 4.77. The van der Waals surface area contributed by atoms with E-state index in [-0.39, 0.29) is 11.2 Å². The highest BCUT2D eigenvalue weighted by Crippen LogP contribution is 2.28. The molecule has 7 nitrogen and oxygen atoms in total. The summed E-state index contributed by atoms with van der Waals surface area (Å²) < 4.78 is 1.96. The molecular weight excluding hydrogens is 344 g/mol. The van der Waals surface area contributed by atoms with Crippen molar-refractivity contribution in [2.45, 2.75) is 26.3 Å². The van der Waals surface area contributed by atoms with Gasteiger partial charge in [0, 0.05) is 17.7 Å². The topological polar surface area (TPSA) is 90.1 Å². The van der Waals surface area contributed by atoms with Gasteiger partial charge in [-0.3, -0.25) is 20.2 Å². The molecule has 3 aromatic rings. The number of carbonyl (C=O) groups excluding carboxylic acids is 1. The average molecular weight is 364 g/mol. The maximum atomic E-state index is 12.4.